The molecule has 20 heavy (non-hydrogen) atoms. The fourth-order valence-electron chi connectivity index (χ4n) is 2.85. The Labute approximate surface area is 118 Å². The summed E-state index contributed by atoms with van der Waals surface area (Å²) in [6, 6.07) is 13.1. The van der Waals surface area contributed by atoms with E-state index in [1.54, 1.807) is 6.07 Å². The number of benzene rings is 2. The topological polar surface area (TPSA) is 20.2 Å². The molecule has 1 aliphatic carbocycles. The van der Waals surface area contributed by atoms with Gasteiger partial charge in [-0.15, -0.1) is 0 Å². The third-order valence-electron chi connectivity index (χ3n) is 3.77. The Kier molecular flexibility index (Phi) is 3.54. The number of hydrogen-bond acceptors (Lipinski definition) is 1. The van der Waals surface area contributed by atoms with Crippen molar-refractivity contribution in [1.29, 1.82) is 0 Å². The number of rotatable bonds is 0. The Morgan fingerprint density at radius 3 is 2.60 bits per heavy atom. The van der Waals surface area contributed by atoms with Gasteiger partial charge in [-0.2, -0.15) is 0 Å². The van der Waals surface area contributed by atoms with Gasteiger partial charge in [-0.05, 0) is 47.2 Å². The van der Waals surface area contributed by atoms with Crippen molar-refractivity contribution in [2.75, 3.05) is 6.61 Å². The van der Waals surface area contributed by atoms with E-state index in [9.17, 15) is 4.39 Å². The molecule has 2 aromatic carbocycles. The van der Waals surface area contributed by atoms with Crippen LogP contribution >= 0.6 is 0 Å². The van der Waals surface area contributed by atoms with Gasteiger partial charge in [0, 0.05) is 0 Å². The van der Waals surface area contributed by atoms with Crippen LogP contribution in [0.3, 0.4) is 0 Å². The molecule has 0 aliphatic heterocycles. The third-order valence-corrected chi connectivity index (χ3v) is 3.77. The maximum Gasteiger partial charge on any atom is 0.123 e. The van der Waals surface area contributed by atoms with Crippen LogP contribution in [-0.2, 0) is 12.8 Å². The molecule has 0 aromatic heterocycles. The van der Waals surface area contributed by atoms with Gasteiger partial charge in [0.2, 0.25) is 0 Å². The molecule has 0 fully saturated rings. The average molecular weight is 266 g/mol. The molecule has 0 amide bonds. The average Bonchev–Trinajstić information content (AvgIpc) is 2.62. The van der Waals surface area contributed by atoms with Crippen LogP contribution in [0.25, 0.3) is 0 Å². The number of aliphatic hydroxyl groups excluding tert-OH is 1. The molecule has 0 bridgehead atoms. The van der Waals surface area contributed by atoms with E-state index in [4.69, 9.17) is 5.11 Å². The fourth-order valence-corrected chi connectivity index (χ4v) is 2.85. The molecule has 0 spiro atoms. The van der Waals surface area contributed by atoms with Crippen LogP contribution in [0.4, 0.5) is 4.39 Å². The lowest BCUT2D eigenvalue weighted by molar-refractivity contribution is 0.350. The molecule has 0 saturated heterocycles. The van der Waals surface area contributed by atoms with Gasteiger partial charge in [0.1, 0.15) is 12.4 Å². The number of halogens is 1. The monoisotopic (exact) mass is 266 g/mol. The summed E-state index contributed by atoms with van der Waals surface area (Å²) in [7, 11) is 0. The van der Waals surface area contributed by atoms with Crippen LogP contribution < -0.4 is 0 Å². The van der Waals surface area contributed by atoms with E-state index in [0.29, 0.717) is 0 Å². The minimum atomic E-state index is -0.237. The molecule has 3 rings (SSSR count). The standard InChI is InChI=1S/C18H15FO/c19-15-10-9-14-8-7-13-4-1-2-5-16(13)17(6-3-11-20)18(14)12-15/h1-2,4-5,9-10,12,17,20H,7-8,11H2. The van der Waals surface area contributed by atoms with Gasteiger partial charge < -0.3 is 5.11 Å². The largest absolute Gasteiger partial charge is 0.384 e. The van der Waals surface area contributed by atoms with Crippen LogP contribution in [0.1, 0.15) is 28.2 Å². The summed E-state index contributed by atoms with van der Waals surface area (Å²) in [6.07, 6.45) is 1.83. The normalized spacial score (nSPS) is 16.4. The van der Waals surface area contributed by atoms with Crippen LogP contribution in [0.5, 0.6) is 0 Å². The molecular formula is C18H15FO. The van der Waals surface area contributed by atoms with Crippen molar-refractivity contribution in [3.63, 3.8) is 0 Å². The summed E-state index contributed by atoms with van der Waals surface area (Å²) < 4.78 is 13.6. The van der Waals surface area contributed by atoms with Crippen LogP contribution in [-0.4, -0.2) is 11.7 Å². The predicted octanol–water partition coefficient (Wildman–Crippen LogP) is 3.05. The first-order valence-corrected chi connectivity index (χ1v) is 6.75. The number of aliphatic hydroxyl groups is 1. The molecule has 2 heteroatoms. The van der Waals surface area contributed by atoms with Gasteiger partial charge in [-0.1, -0.05) is 42.2 Å². The summed E-state index contributed by atoms with van der Waals surface area (Å²) in [5.41, 5.74) is 4.44. The van der Waals surface area contributed by atoms with Crippen molar-refractivity contribution in [2.24, 2.45) is 0 Å². The molecular weight excluding hydrogens is 251 g/mol. The van der Waals surface area contributed by atoms with E-state index < -0.39 is 0 Å². The Morgan fingerprint density at radius 1 is 1.05 bits per heavy atom. The summed E-state index contributed by atoms with van der Waals surface area (Å²) in [4.78, 5) is 0. The minimum Gasteiger partial charge on any atom is -0.384 e. The van der Waals surface area contributed by atoms with E-state index in [-0.39, 0.29) is 18.3 Å². The van der Waals surface area contributed by atoms with Crippen molar-refractivity contribution < 1.29 is 9.50 Å². The Hall–Kier alpha value is -2.11. The molecule has 0 radical (unpaired) electrons. The second-order valence-electron chi connectivity index (χ2n) is 4.95. The number of hydrogen-bond donors (Lipinski definition) is 1. The highest BCUT2D eigenvalue weighted by molar-refractivity contribution is 5.49. The van der Waals surface area contributed by atoms with Gasteiger partial charge in [-0.25, -0.2) is 4.39 Å². The van der Waals surface area contributed by atoms with Gasteiger partial charge >= 0.3 is 0 Å². The van der Waals surface area contributed by atoms with Crippen molar-refractivity contribution in [3.8, 4) is 11.8 Å². The second-order valence-corrected chi connectivity index (χ2v) is 4.95. The Bertz CT molecular complexity index is 694. The lowest BCUT2D eigenvalue weighted by atomic mass is 9.88. The van der Waals surface area contributed by atoms with Crippen molar-refractivity contribution in [2.45, 2.75) is 18.8 Å². The zero-order chi connectivity index (χ0) is 13.9. The van der Waals surface area contributed by atoms with Gasteiger partial charge in [0.15, 0.2) is 0 Å². The molecule has 1 unspecified atom stereocenters. The van der Waals surface area contributed by atoms with Crippen LogP contribution in [0.15, 0.2) is 42.5 Å². The fraction of sp³-hybridized carbons (Fsp3) is 0.222. The molecule has 100 valence electrons. The number of fused-ring (bicyclic) bond motifs is 2. The van der Waals surface area contributed by atoms with E-state index in [1.165, 1.54) is 11.6 Å². The second kappa shape index (κ2) is 5.48. The van der Waals surface area contributed by atoms with Crippen molar-refractivity contribution in [1.82, 2.24) is 0 Å². The first kappa shape index (κ1) is 12.9. The number of aryl methyl sites for hydroxylation is 2. The summed E-state index contributed by atoms with van der Waals surface area (Å²) >= 11 is 0. The van der Waals surface area contributed by atoms with E-state index in [0.717, 1.165) is 29.5 Å². The van der Waals surface area contributed by atoms with Crippen molar-refractivity contribution >= 4 is 0 Å². The Balaban J connectivity index is 2.21. The summed E-state index contributed by atoms with van der Waals surface area (Å²) in [6.45, 7) is -0.177. The first-order chi connectivity index (χ1) is 9.79. The van der Waals surface area contributed by atoms with Gasteiger partial charge in [0.05, 0.1) is 5.92 Å². The molecule has 1 atom stereocenters. The van der Waals surface area contributed by atoms with E-state index >= 15 is 0 Å². The van der Waals surface area contributed by atoms with Crippen LogP contribution in [0.2, 0.25) is 0 Å². The molecule has 0 saturated carbocycles. The Morgan fingerprint density at radius 2 is 1.80 bits per heavy atom. The zero-order valence-corrected chi connectivity index (χ0v) is 11.1. The quantitative estimate of drug-likeness (QED) is 0.727. The molecule has 1 N–H and O–H groups in total. The molecule has 1 nitrogen and oxygen atoms in total. The highest BCUT2D eigenvalue weighted by atomic mass is 19.1. The van der Waals surface area contributed by atoms with Crippen LogP contribution in [0, 0.1) is 17.7 Å². The van der Waals surface area contributed by atoms with E-state index in [1.807, 2.05) is 24.3 Å². The van der Waals surface area contributed by atoms with Gasteiger partial charge in [0.25, 0.3) is 0 Å². The third kappa shape index (κ3) is 2.33. The maximum atomic E-state index is 13.6. The molecule has 0 heterocycles. The lowest BCUT2D eigenvalue weighted by Gasteiger charge is -2.14. The first-order valence-electron chi connectivity index (χ1n) is 6.75. The smallest absolute Gasteiger partial charge is 0.123 e. The predicted molar refractivity (Wildman–Crippen MR) is 77.0 cm³/mol. The highest BCUT2D eigenvalue weighted by Gasteiger charge is 2.22. The lowest BCUT2D eigenvalue weighted by Crippen LogP contribution is -2.02. The van der Waals surface area contributed by atoms with E-state index in [2.05, 4.69) is 17.9 Å². The van der Waals surface area contributed by atoms with Crippen molar-refractivity contribution in [3.05, 3.63) is 70.5 Å². The minimum absolute atomic E-state index is 0.161. The zero-order valence-electron chi connectivity index (χ0n) is 11.1. The molecule has 2 aromatic rings. The maximum absolute atomic E-state index is 13.6. The SMILES string of the molecule is OCC#CC1c2ccccc2CCc2ccc(F)cc21. The summed E-state index contributed by atoms with van der Waals surface area (Å²) in [5.74, 6) is 5.42. The van der Waals surface area contributed by atoms with Gasteiger partial charge in [-0.3, -0.25) is 0 Å². The molecule has 1 aliphatic rings. The summed E-state index contributed by atoms with van der Waals surface area (Å²) in [5, 5.41) is 8.97. The highest BCUT2D eigenvalue weighted by Crippen LogP contribution is 2.34.